The highest BCUT2D eigenvalue weighted by Crippen LogP contribution is 2.26. The minimum Gasteiger partial charge on any atom is -0.496 e. The Morgan fingerprint density at radius 2 is 2.00 bits per heavy atom. The maximum absolute atomic E-state index is 12.2. The van der Waals surface area contributed by atoms with E-state index in [9.17, 15) is 4.79 Å². The molecule has 0 unspecified atom stereocenters. The van der Waals surface area contributed by atoms with Crippen LogP contribution in [-0.2, 0) is 11.2 Å². The normalized spacial score (nSPS) is 16.2. The number of benzene rings is 1. The fraction of sp³-hybridized carbons (Fsp3) is 0.533. The third kappa shape index (κ3) is 3.96. The number of ether oxygens (including phenoxy) is 1. The molecule has 20 heavy (non-hydrogen) atoms. The lowest BCUT2D eigenvalue weighted by Crippen LogP contribution is -2.47. The van der Waals surface area contributed by atoms with Gasteiger partial charge in [0.05, 0.1) is 11.6 Å². The molecule has 0 bridgehead atoms. The minimum atomic E-state index is 0.255. The van der Waals surface area contributed by atoms with E-state index in [0.717, 1.165) is 48.4 Å². The highest BCUT2D eigenvalue weighted by molar-refractivity contribution is 9.10. The lowest BCUT2D eigenvalue weighted by Gasteiger charge is -2.32. The van der Waals surface area contributed by atoms with E-state index >= 15 is 0 Å². The maximum atomic E-state index is 12.2. The van der Waals surface area contributed by atoms with Gasteiger partial charge in [0.1, 0.15) is 5.75 Å². The summed E-state index contributed by atoms with van der Waals surface area (Å²) in [5.74, 6) is 1.07. The summed E-state index contributed by atoms with van der Waals surface area (Å²) >= 11 is 3.47. The first kappa shape index (κ1) is 15.3. The Balaban J connectivity index is 1.85. The molecule has 4 nitrogen and oxygen atoms in total. The number of carbonyl (C=O) groups is 1. The number of aryl methyl sites for hydroxylation is 1. The maximum Gasteiger partial charge on any atom is 0.222 e. The van der Waals surface area contributed by atoms with Gasteiger partial charge in [-0.25, -0.2) is 0 Å². The van der Waals surface area contributed by atoms with Crippen LogP contribution in [0.4, 0.5) is 0 Å². The van der Waals surface area contributed by atoms with Gasteiger partial charge in [-0.05, 0) is 47.1 Å². The van der Waals surface area contributed by atoms with Gasteiger partial charge in [0.15, 0.2) is 0 Å². The predicted octanol–water partition coefficient (Wildman–Crippen LogP) is 2.16. The molecule has 1 aromatic carbocycles. The zero-order chi connectivity index (χ0) is 14.5. The number of halogens is 1. The van der Waals surface area contributed by atoms with Crippen LogP contribution >= 0.6 is 15.9 Å². The van der Waals surface area contributed by atoms with Crippen LogP contribution in [0.3, 0.4) is 0 Å². The van der Waals surface area contributed by atoms with E-state index in [2.05, 4.69) is 27.9 Å². The van der Waals surface area contributed by atoms with Crippen LogP contribution in [0.15, 0.2) is 22.7 Å². The first-order chi connectivity index (χ1) is 9.60. The monoisotopic (exact) mass is 340 g/mol. The molecule has 0 spiro atoms. The summed E-state index contributed by atoms with van der Waals surface area (Å²) in [6.07, 6.45) is 1.34. The molecule has 0 saturated carbocycles. The average Bonchev–Trinajstić information content (AvgIpc) is 2.45. The van der Waals surface area contributed by atoms with Gasteiger partial charge in [0, 0.05) is 32.6 Å². The van der Waals surface area contributed by atoms with Crippen molar-refractivity contribution in [3.05, 3.63) is 28.2 Å². The van der Waals surface area contributed by atoms with E-state index in [0.29, 0.717) is 6.42 Å². The third-order valence-corrected chi connectivity index (χ3v) is 4.32. The van der Waals surface area contributed by atoms with Crippen LogP contribution in [0.25, 0.3) is 0 Å². The van der Waals surface area contributed by atoms with Crippen molar-refractivity contribution in [1.29, 1.82) is 0 Å². The van der Waals surface area contributed by atoms with Crippen LogP contribution in [0, 0.1) is 0 Å². The zero-order valence-electron chi connectivity index (χ0n) is 12.1. The van der Waals surface area contributed by atoms with Gasteiger partial charge in [0.25, 0.3) is 0 Å². The average molecular weight is 341 g/mol. The topological polar surface area (TPSA) is 32.8 Å². The van der Waals surface area contributed by atoms with Gasteiger partial charge in [0.2, 0.25) is 5.91 Å². The van der Waals surface area contributed by atoms with Crippen molar-refractivity contribution in [2.24, 2.45) is 0 Å². The number of methoxy groups -OCH3 is 1. The fourth-order valence-corrected chi connectivity index (χ4v) is 2.92. The number of hydrogen-bond donors (Lipinski definition) is 0. The van der Waals surface area contributed by atoms with E-state index in [1.165, 1.54) is 0 Å². The smallest absolute Gasteiger partial charge is 0.222 e. The summed E-state index contributed by atoms with van der Waals surface area (Å²) in [4.78, 5) is 16.4. The fourth-order valence-electron chi connectivity index (χ4n) is 2.33. The standard InChI is InChI=1S/C15H21BrN2O2/c1-17-7-9-18(10-8-17)15(19)6-4-12-3-5-14(20-2)13(16)11-12/h3,5,11H,4,6-10H2,1-2H3. The van der Waals surface area contributed by atoms with Gasteiger partial charge >= 0.3 is 0 Å². The molecule has 1 amide bonds. The van der Waals surface area contributed by atoms with Crippen LogP contribution < -0.4 is 4.74 Å². The van der Waals surface area contributed by atoms with E-state index in [1.54, 1.807) is 7.11 Å². The lowest BCUT2D eigenvalue weighted by molar-refractivity contribution is -0.132. The van der Waals surface area contributed by atoms with Gasteiger partial charge in [-0.3, -0.25) is 4.79 Å². The summed E-state index contributed by atoms with van der Waals surface area (Å²) in [6, 6.07) is 5.97. The molecule has 0 radical (unpaired) electrons. The van der Waals surface area contributed by atoms with E-state index < -0.39 is 0 Å². The molecule has 110 valence electrons. The first-order valence-corrected chi connectivity index (χ1v) is 7.68. The predicted molar refractivity (Wildman–Crippen MR) is 83.1 cm³/mol. The number of carbonyl (C=O) groups excluding carboxylic acids is 1. The Hall–Kier alpha value is -1.07. The van der Waals surface area contributed by atoms with Crippen molar-refractivity contribution in [3.8, 4) is 5.75 Å². The van der Waals surface area contributed by atoms with Crippen molar-refractivity contribution in [2.45, 2.75) is 12.8 Å². The Morgan fingerprint density at radius 3 is 2.60 bits per heavy atom. The van der Waals surface area contributed by atoms with Crippen LogP contribution in [0.1, 0.15) is 12.0 Å². The van der Waals surface area contributed by atoms with Crippen molar-refractivity contribution in [2.75, 3.05) is 40.3 Å². The largest absolute Gasteiger partial charge is 0.496 e. The summed E-state index contributed by atoms with van der Waals surface area (Å²) in [6.45, 7) is 3.64. The van der Waals surface area contributed by atoms with Gasteiger partial charge in [-0.1, -0.05) is 6.07 Å². The molecule has 0 N–H and O–H groups in total. The SMILES string of the molecule is COc1ccc(CCC(=O)N2CCN(C)CC2)cc1Br. The highest BCUT2D eigenvalue weighted by Gasteiger charge is 2.18. The number of hydrogen-bond acceptors (Lipinski definition) is 3. The zero-order valence-corrected chi connectivity index (χ0v) is 13.6. The molecule has 2 rings (SSSR count). The molecule has 0 atom stereocenters. The van der Waals surface area contributed by atoms with Crippen molar-refractivity contribution >= 4 is 21.8 Å². The number of likely N-dealkylation sites (N-methyl/N-ethyl adjacent to an activating group) is 1. The Morgan fingerprint density at radius 1 is 1.30 bits per heavy atom. The minimum absolute atomic E-state index is 0.255. The number of nitrogens with zero attached hydrogens (tertiary/aromatic N) is 2. The van der Waals surface area contributed by atoms with E-state index in [1.807, 2.05) is 23.1 Å². The summed E-state index contributed by atoms with van der Waals surface area (Å²) in [5, 5.41) is 0. The van der Waals surface area contributed by atoms with E-state index in [-0.39, 0.29) is 5.91 Å². The van der Waals surface area contributed by atoms with Crippen molar-refractivity contribution < 1.29 is 9.53 Å². The molecule has 1 saturated heterocycles. The Kier molecular flexibility index (Phi) is 5.43. The number of piperazine rings is 1. The summed E-state index contributed by atoms with van der Waals surface area (Å²) in [7, 11) is 3.74. The molecule has 1 fully saturated rings. The Bertz CT molecular complexity index is 471. The van der Waals surface area contributed by atoms with Gasteiger partial charge in [-0.2, -0.15) is 0 Å². The molecule has 1 aliphatic heterocycles. The van der Waals surface area contributed by atoms with Gasteiger partial charge < -0.3 is 14.5 Å². The van der Waals surface area contributed by atoms with Crippen molar-refractivity contribution in [3.63, 3.8) is 0 Å². The molecular formula is C15H21BrN2O2. The second-order valence-electron chi connectivity index (χ2n) is 5.15. The lowest BCUT2D eigenvalue weighted by atomic mass is 10.1. The molecule has 1 aliphatic rings. The van der Waals surface area contributed by atoms with Crippen LogP contribution in [0.2, 0.25) is 0 Å². The number of amides is 1. The van der Waals surface area contributed by atoms with Gasteiger partial charge in [-0.15, -0.1) is 0 Å². The number of rotatable bonds is 4. The molecule has 1 heterocycles. The van der Waals surface area contributed by atoms with Crippen molar-refractivity contribution in [1.82, 2.24) is 9.80 Å². The molecule has 1 aromatic rings. The molecule has 5 heteroatoms. The quantitative estimate of drug-likeness (QED) is 0.842. The highest BCUT2D eigenvalue weighted by atomic mass is 79.9. The molecule has 0 aliphatic carbocycles. The third-order valence-electron chi connectivity index (χ3n) is 3.70. The van der Waals surface area contributed by atoms with Crippen LogP contribution in [-0.4, -0.2) is 56.0 Å². The first-order valence-electron chi connectivity index (χ1n) is 6.89. The molecular weight excluding hydrogens is 320 g/mol. The second kappa shape index (κ2) is 7.09. The molecule has 0 aromatic heterocycles. The second-order valence-corrected chi connectivity index (χ2v) is 6.01. The Labute approximate surface area is 128 Å². The van der Waals surface area contributed by atoms with Crippen LogP contribution in [0.5, 0.6) is 5.75 Å². The van der Waals surface area contributed by atoms with E-state index in [4.69, 9.17) is 4.74 Å². The summed E-state index contributed by atoms with van der Waals surface area (Å²) in [5.41, 5.74) is 1.15. The summed E-state index contributed by atoms with van der Waals surface area (Å²) < 4.78 is 6.14.